The number of ether oxygens (including phenoxy) is 1. The van der Waals surface area contributed by atoms with Gasteiger partial charge in [-0.1, -0.05) is 32.0 Å². The highest BCUT2D eigenvalue weighted by molar-refractivity contribution is 9.10. The van der Waals surface area contributed by atoms with Gasteiger partial charge in [0.15, 0.2) is 0 Å². The van der Waals surface area contributed by atoms with Gasteiger partial charge < -0.3 is 29.7 Å². The minimum atomic E-state index is -2.63. The molecule has 16 heteroatoms. The molecule has 14 nitrogen and oxygen atoms in total. The molecule has 3 aromatic carbocycles. The van der Waals surface area contributed by atoms with Crippen molar-refractivity contribution in [1.29, 1.82) is 0 Å². The van der Waals surface area contributed by atoms with Crippen LogP contribution >= 0.6 is 23.1 Å². The number of piperazine rings is 1. The van der Waals surface area contributed by atoms with Gasteiger partial charge in [-0.2, -0.15) is 4.98 Å². The minimum absolute atomic E-state index is 0.217. The molecule has 65 heavy (non-hydrogen) atoms. The van der Waals surface area contributed by atoms with Gasteiger partial charge in [-0.05, 0) is 108 Å². The number of urea groups is 1. The number of anilines is 6. The quantitative estimate of drug-likeness (QED) is 0.0918. The fourth-order valence-electron chi connectivity index (χ4n) is 10.0. The van der Waals surface area contributed by atoms with Gasteiger partial charge >= 0.3 is 6.03 Å². The molecule has 3 amide bonds. The summed E-state index contributed by atoms with van der Waals surface area (Å²) in [6.07, 6.45) is 10.3. The fraction of sp³-hybridized carbons (Fsp3) is 0.449. The van der Waals surface area contributed by atoms with Crippen LogP contribution in [-0.2, 0) is 28.6 Å². The maximum atomic E-state index is 14.5. The first-order valence-electron chi connectivity index (χ1n) is 23.3. The lowest BCUT2D eigenvalue weighted by Gasteiger charge is -2.43. The zero-order chi connectivity index (χ0) is 45.1. The Morgan fingerprint density at radius 1 is 0.862 bits per heavy atom. The molecule has 4 fully saturated rings. The van der Waals surface area contributed by atoms with Crippen molar-refractivity contribution in [3.63, 3.8) is 0 Å². The van der Waals surface area contributed by atoms with E-state index in [0.29, 0.717) is 47.6 Å². The van der Waals surface area contributed by atoms with E-state index in [9.17, 15) is 14.2 Å². The largest absolute Gasteiger partial charge is 0.494 e. The van der Waals surface area contributed by atoms with Crippen LogP contribution in [0, 0.1) is 0 Å². The second kappa shape index (κ2) is 19.8. The number of aryl methyl sites for hydroxylation is 2. The molecular weight excluding hydrogens is 903 g/mol. The lowest BCUT2D eigenvalue weighted by atomic mass is 9.99. The van der Waals surface area contributed by atoms with E-state index in [4.69, 9.17) is 14.7 Å². The van der Waals surface area contributed by atoms with E-state index in [-0.39, 0.29) is 11.9 Å². The summed E-state index contributed by atoms with van der Waals surface area (Å²) < 4.78 is 21.2. The Kier molecular flexibility index (Phi) is 13.7. The van der Waals surface area contributed by atoms with Gasteiger partial charge in [0.1, 0.15) is 18.7 Å². The maximum absolute atomic E-state index is 14.5. The first-order valence-corrected chi connectivity index (χ1v) is 26.2. The van der Waals surface area contributed by atoms with E-state index in [1.54, 1.807) is 18.2 Å². The number of fused-ring (bicyclic) bond motifs is 1. The summed E-state index contributed by atoms with van der Waals surface area (Å²) in [5, 5.41) is 11.2. The summed E-state index contributed by atoms with van der Waals surface area (Å²) >= 11 is 3.68. The van der Waals surface area contributed by atoms with Gasteiger partial charge in [0.25, 0.3) is 0 Å². The molecule has 0 saturated carbocycles. The van der Waals surface area contributed by atoms with Crippen LogP contribution in [0.5, 0.6) is 5.75 Å². The number of halogens is 1. The number of carbonyl (C=O) groups is 2. The predicted octanol–water partition coefficient (Wildman–Crippen LogP) is 8.47. The fourth-order valence-corrected chi connectivity index (χ4v) is 13.7. The highest BCUT2D eigenvalue weighted by Gasteiger charge is 2.34. The Bertz CT molecular complexity index is 2590. The Balaban J connectivity index is 0.813. The Hall–Kier alpha value is -5.08. The van der Waals surface area contributed by atoms with Gasteiger partial charge in [-0.15, -0.1) is 0 Å². The van der Waals surface area contributed by atoms with E-state index in [0.717, 1.165) is 135 Å². The highest BCUT2D eigenvalue weighted by atomic mass is 79.9. The van der Waals surface area contributed by atoms with E-state index in [2.05, 4.69) is 102 Å². The summed E-state index contributed by atoms with van der Waals surface area (Å²) in [7, 11) is -0.923. The number of rotatable bonds is 14. The molecule has 4 aliphatic heterocycles. The highest BCUT2D eigenvalue weighted by Crippen LogP contribution is 2.54. The average molecular weight is 964 g/mol. The standard InChI is InChI=1S/C49H60BrN10O4P/c1-4-34-30-42(54-48-51-32-39(50)47(56-48)53-41-15-14-40-38(13-10-35(5-2)52-40)46(41)65(63)28-6-7-29-65)44(64-3)31-43(34)59-21-17-36(18-22-59)58-26-24-57(25-27-58)20-16-33-8-11-37(12-9-33)60-23-19-45(61)55-49(60)62/h8-15,30-32,36H,4-7,16-29H2,1-3H3,(H,55,61,62)(H2,51,53,54,56). The molecule has 9 rings (SSSR count). The first-order chi connectivity index (χ1) is 31.6. The topological polar surface area (TPSA) is 148 Å². The van der Waals surface area contributed by atoms with Crippen molar-refractivity contribution in [3.05, 3.63) is 88.2 Å². The normalized spacial score (nSPS) is 18.6. The van der Waals surface area contributed by atoms with Crippen LogP contribution in [-0.4, -0.2) is 115 Å². The summed E-state index contributed by atoms with van der Waals surface area (Å²) in [4.78, 5) is 47.6. The summed E-state index contributed by atoms with van der Waals surface area (Å²) in [6, 6.07) is 20.9. The van der Waals surface area contributed by atoms with E-state index < -0.39 is 7.14 Å². The zero-order valence-corrected chi connectivity index (χ0v) is 40.2. The van der Waals surface area contributed by atoms with Gasteiger partial charge in [0.05, 0.1) is 28.5 Å². The number of hydrogen-bond acceptors (Lipinski definition) is 12. The third-order valence-electron chi connectivity index (χ3n) is 13.7. The van der Waals surface area contributed by atoms with Crippen molar-refractivity contribution in [3.8, 4) is 5.75 Å². The van der Waals surface area contributed by atoms with Crippen molar-refractivity contribution in [2.45, 2.75) is 71.3 Å². The second-order valence-corrected chi connectivity index (χ2v) is 21.6. The van der Waals surface area contributed by atoms with Gasteiger partial charge in [0.2, 0.25) is 11.9 Å². The lowest BCUT2D eigenvalue weighted by Crippen LogP contribution is -2.53. The molecule has 0 atom stereocenters. The van der Waals surface area contributed by atoms with Gasteiger partial charge in [-0.25, -0.2) is 9.78 Å². The molecule has 3 N–H and O–H groups in total. The minimum Gasteiger partial charge on any atom is -0.494 e. The van der Waals surface area contributed by atoms with E-state index in [1.165, 1.54) is 16.8 Å². The lowest BCUT2D eigenvalue weighted by molar-refractivity contribution is -0.120. The first kappa shape index (κ1) is 45.1. The van der Waals surface area contributed by atoms with Crippen molar-refractivity contribution in [1.82, 2.24) is 30.1 Å². The molecule has 6 heterocycles. The Morgan fingerprint density at radius 2 is 1.63 bits per heavy atom. The third kappa shape index (κ3) is 9.89. The smallest absolute Gasteiger partial charge is 0.328 e. The second-order valence-electron chi connectivity index (χ2n) is 17.7. The Labute approximate surface area is 390 Å². The molecule has 2 aromatic heterocycles. The molecule has 0 aliphatic carbocycles. The molecule has 0 unspecified atom stereocenters. The van der Waals surface area contributed by atoms with E-state index in [1.807, 2.05) is 24.3 Å². The molecule has 5 aromatic rings. The van der Waals surface area contributed by atoms with Crippen LogP contribution < -0.4 is 35.8 Å². The average Bonchev–Trinajstić information content (AvgIpc) is 3.78. The third-order valence-corrected chi connectivity index (χ3v) is 17.7. The summed E-state index contributed by atoms with van der Waals surface area (Å²) in [5.74, 6) is 1.52. The number of pyridine rings is 1. The molecule has 0 bridgehead atoms. The number of piperidine rings is 1. The van der Waals surface area contributed by atoms with Crippen molar-refractivity contribution in [2.24, 2.45) is 0 Å². The number of carbonyl (C=O) groups excluding carboxylic acids is 2. The van der Waals surface area contributed by atoms with Crippen LogP contribution in [0.3, 0.4) is 0 Å². The molecule has 342 valence electrons. The number of aromatic nitrogens is 3. The number of nitrogens with one attached hydrogen (secondary N) is 3. The maximum Gasteiger partial charge on any atom is 0.328 e. The Morgan fingerprint density at radius 3 is 2.34 bits per heavy atom. The van der Waals surface area contributed by atoms with Crippen molar-refractivity contribution >= 4 is 85.7 Å². The molecule has 0 spiro atoms. The van der Waals surface area contributed by atoms with Crippen LogP contribution in [0.15, 0.2) is 71.3 Å². The number of methoxy groups -OCH3 is 1. The number of amides is 3. The van der Waals surface area contributed by atoms with Crippen LogP contribution in [0.1, 0.15) is 62.8 Å². The van der Waals surface area contributed by atoms with Gasteiger partial charge in [-0.3, -0.25) is 24.9 Å². The number of imide groups is 1. The van der Waals surface area contributed by atoms with E-state index >= 15 is 0 Å². The SMILES string of the molecule is CCc1ccc2c(P3(=O)CCCC3)c(Nc3nc(Nc4cc(CC)c(N5CCC(N6CCN(CCc7ccc(N8CCC(=O)NC8=O)cc7)CC6)CC5)cc4OC)ncc3Br)ccc2n1. The van der Waals surface area contributed by atoms with Crippen LogP contribution in [0.4, 0.5) is 39.3 Å². The summed E-state index contributed by atoms with van der Waals surface area (Å²) in [5.41, 5.74) is 8.02. The molecular formula is C49H60BrN10O4P. The molecule has 0 radical (unpaired) electrons. The van der Waals surface area contributed by atoms with Crippen LogP contribution in [0.2, 0.25) is 0 Å². The summed E-state index contributed by atoms with van der Waals surface area (Å²) in [6.45, 7) is 12.0. The monoisotopic (exact) mass is 962 g/mol. The number of hydrogen-bond donors (Lipinski definition) is 3. The van der Waals surface area contributed by atoms with Crippen molar-refractivity contribution < 1.29 is 18.9 Å². The predicted molar refractivity (Wildman–Crippen MR) is 265 cm³/mol. The number of benzene rings is 3. The molecule has 4 saturated heterocycles. The molecule has 4 aliphatic rings. The number of nitrogens with zero attached hydrogens (tertiary/aromatic N) is 7. The van der Waals surface area contributed by atoms with Gasteiger partial charge in [0, 0.05) is 117 Å². The van der Waals surface area contributed by atoms with Crippen molar-refractivity contribution in [2.75, 3.05) is 92.2 Å². The zero-order valence-electron chi connectivity index (χ0n) is 37.7. The van der Waals surface area contributed by atoms with Crippen LogP contribution in [0.25, 0.3) is 10.9 Å².